The SMILES string of the molecule is CC(C)(C)OC(=O)NCCCCCCCC(=O)C(O)c1ccc(O)cc1. The summed E-state index contributed by atoms with van der Waals surface area (Å²) in [7, 11) is 0. The van der Waals surface area contributed by atoms with Crippen LogP contribution >= 0.6 is 0 Å². The summed E-state index contributed by atoms with van der Waals surface area (Å²) in [4.78, 5) is 23.4. The topological polar surface area (TPSA) is 95.9 Å². The Hall–Kier alpha value is -2.08. The lowest BCUT2D eigenvalue weighted by molar-refractivity contribution is -0.127. The second-order valence-electron chi connectivity index (χ2n) is 7.41. The number of rotatable bonds is 10. The summed E-state index contributed by atoms with van der Waals surface area (Å²) in [6.07, 6.45) is 3.23. The standard InChI is InChI=1S/C20H31NO5/c1-20(2,3)26-19(25)21-14-8-6-4-5-7-9-17(23)18(24)15-10-12-16(22)13-11-15/h10-13,18,22,24H,4-9,14H2,1-3H3,(H,21,25). The van der Waals surface area contributed by atoms with Gasteiger partial charge < -0.3 is 20.3 Å². The molecule has 0 spiro atoms. The fraction of sp³-hybridized carbons (Fsp3) is 0.600. The summed E-state index contributed by atoms with van der Waals surface area (Å²) in [6, 6.07) is 6.01. The number of Topliss-reactive ketones (excluding diaryl/α,β-unsaturated/α-hetero) is 1. The second kappa shape index (κ2) is 10.8. The highest BCUT2D eigenvalue weighted by Crippen LogP contribution is 2.19. The molecule has 1 aromatic carbocycles. The van der Waals surface area contributed by atoms with Crippen molar-refractivity contribution in [3.63, 3.8) is 0 Å². The van der Waals surface area contributed by atoms with E-state index < -0.39 is 17.8 Å². The zero-order valence-corrected chi connectivity index (χ0v) is 16.0. The number of ether oxygens (including phenoxy) is 1. The van der Waals surface area contributed by atoms with Gasteiger partial charge in [-0.25, -0.2) is 4.79 Å². The molecule has 0 radical (unpaired) electrons. The Morgan fingerprint density at radius 3 is 2.23 bits per heavy atom. The molecule has 6 heteroatoms. The van der Waals surface area contributed by atoms with Gasteiger partial charge in [0.1, 0.15) is 17.5 Å². The molecular weight excluding hydrogens is 334 g/mol. The van der Waals surface area contributed by atoms with Crippen molar-refractivity contribution in [3.05, 3.63) is 29.8 Å². The first kappa shape index (κ1) is 22.0. The average Bonchev–Trinajstić information content (AvgIpc) is 2.55. The summed E-state index contributed by atoms with van der Waals surface area (Å²) >= 11 is 0. The third-order valence-electron chi connectivity index (χ3n) is 3.78. The lowest BCUT2D eigenvalue weighted by atomic mass is 10.0. The summed E-state index contributed by atoms with van der Waals surface area (Å²) < 4.78 is 5.15. The number of hydrogen-bond donors (Lipinski definition) is 3. The van der Waals surface area contributed by atoms with Crippen molar-refractivity contribution in [1.29, 1.82) is 0 Å². The van der Waals surface area contributed by atoms with Gasteiger partial charge in [0.2, 0.25) is 0 Å². The van der Waals surface area contributed by atoms with E-state index in [0.29, 0.717) is 18.5 Å². The van der Waals surface area contributed by atoms with Gasteiger partial charge in [0.15, 0.2) is 5.78 Å². The number of aliphatic hydroxyl groups excluding tert-OH is 1. The number of carbonyl (C=O) groups is 2. The molecule has 26 heavy (non-hydrogen) atoms. The fourth-order valence-corrected chi connectivity index (χ4v) is 2.44. The van der Waals surface area contributed by atoms with Crippen LogP contribution in [0.1, 0.15) is 71.0 Å². The Balaban J connectivity index is 2.07. The quantitative estimate of drug-likeness (QED) is 0.547. The van der Waals surface area contributed by atoms with Crippen molar-refractivity contribution >= 4 is 11.9 Å². The lowest BCUT2D eigenvalue weighted by Crippen LogP contribution is -2.32. The number of amides is 1. The van der Waals surface area contributed by atoms with Crippen LogP contribution in [0.15, 0.2) is 24.3 Å². The molecule has 0 fully saturated rings. The molecule has 146 valence electrons. The molecule has 0 bridgehead atoms. The van der Waals surface area contributed by atoms with E-state index in [-0.39, 0.29) is 11.5 Å². The summed E-state index contributed by atoms with van der Waals surface area (Å²) in [5.74, 6) is -0.100. The Bertz CT molecular complexity index is 563. The van der Waals surface area contributed by atoms with E-state index in [4.69, 9.17) is 4.74 Å². The van der Waals surface area contributed by atoms with Crippen LogP contribution in [0.2, 0.25) is 0 Å². The summed E-state index contributed by atoms with van der Waals surface area (Å²) in [5.41, 5.74) is 0.0161. The number of aliphatic hydroxyl groups is 1. The van der Waals surface area contributed by atoms with Crippen LogP contribution in [-0.4, -0.2) is 34.2 Å². The molecule has 0 aromatic heterocycles. The molecule has 1 unspecified atom stereocenters. The van der Waals surface area contributed by atoms with E-state index >= 15 is 0 Å². The maximum absolute atomic E-state index is 12.0. The highest BCUT2D eigenvalue weighted by atomic mass is 16.6. The maximum Gasteiger partial charge on any atom is 0.407 e. The molecule has 0 aliphatic heterocycles. The van der Waals surface area contributed by atoms with E-state index in [1.54, 1.807) is 12.1 Å². The number of nitrogens with one attached hydrogen (secondary N) is 1. The van der Waals surface area contributed by atoms with Gasteiger partial charge in [-0.2, -0.15) is 0 Å². The van der Waals surface area contributed by atoms with Crippen LogP contribution in [0.5, 0.6) is 5.75 Å². The number of ketones is 1. The number of carbonyl (C=O) groups excluding carboxylic acids is 2. The van der Waals surface area contributed by atoms with E-state index in [2.05, 4.69) is 5.32 Å². The highest BCUT2D eigenvalue weighted by molar-refractivity contribution is 5.84. The van der Waals surface area contributed by atoms with Crippen molar-refractivity contribution in [2.24, 2.45) is 0 Å². The Labute approximate surface area is 155 Å². The van der Waals surface area contributed by atoms with E-state index in [0.717, 1.165) is 32.1 Å². The molecule has 0 heterocycles. The number of alkyl carbamates (subject to hydrolysis) is 1. The van der Waals surface area contributed by atoms with Crippen molar-refractivity contribution in [3.8, 4) is 5.75 Å². The van der Waals surface area contributed by atoms with Crippen molar-refractivity contribution in [2.45, 2.75) is 71.0 Å². The number of benzene rings is 1. The van der Waals surface area contributed by atoms with Crippen LogP contribution in [0.3, 0.4) is 0 Å². The largest absolute Gasteiger partial charge is 0.508 e. The molecule has 0 saturated carbocycles. The highest BCUT2D eigenvalue weighted by Gasteiger charge is 2.17. The predicted molar refractivity (Wildman–Crippen MR) is 100 cm³/mol. The molecule has 1 atom stereocenters. The van der Waals surface area contributed by atoms with E-state index in [1.807, 2.05) is 20.8 Å². The molecule has 0 aliphatic carbocycles. The smallest absolute Gasteiger partial charge is 0.407 e. The van der Waals surface area contributed by atoms with Crippen LogP contribution in [-0.2, 0) is 9.53 Å². The minimum atomic E-state index is -1.13. The van der Waals surface area contributed by atoms with Gasteiger partial charge >= 0.3 is 6.09 Å². The number of phenols is 1. The molecule has 1 aromatic rings. The molecular formula is C20H31NO5. The first-order valence-corrected chi connectivity index (χ1v) is 9.15. The molecule has 0 saturated heterocycles. The van der Waals surface area contributed by atoms with Crippen LogP contribution in [0, 0.1) is 0 Å². The minimum Gasteiger partial charge on any atom is -0.508 e. The van der Waals surface area contributed by atoms with Crippen molar-refractivity contribution in [1.82, 2.24) is 5.32 Å². The van der Waals surface area contributed by atoms with Crippen LogP contribution in [0.25, 0.3) is 0 Å². The average molecular weight is 365 g/mol. The molecule has 1 amide bonds. The van der Waals surface area contributed by atoms with Crippen molar-refractivity contribution < 1.29 is 24.5 Å². The van der Waals surface area contributed by atoms with Gasteiger partial charge in [-0.05, 0) is 51.3 Å². The number of unbranched alkanes of at least 4 members (excludes halogenated alkanes) is 4. The second-order valence-corrected chi connectivity index (χ2v) is 7.41. The van der Waals surface area contributed by atoms with Gasteiger partial charge in [0.25, 0.3) is 0 Å². The van der Waals surface area contributed by atoms with Crippen molar-refractivity contribution in [2.75, 3.05) is 6.54 Å². The predicted octanol–water partition coefficient (Wildman–Crippen LogP) is 3.86. The third kappa shape index (κ3) is 9.42. The normalized spacial score (nSPS) is 12.5. The molecule has 6 nitrogen and oxygen atoms in total. The minimum absolute atomic E-state index is 0.106. The Kier molecular flexibility index (Phi) is 9.13. The van der Waals surface area contributed by atoms with Gasteiger partial charge in [-0.15, -0.1) is 0 Å². The third-order valence-corrected chi connectivity index (χ3v) is 3.78. The summed E-state index contributed by atoms with van der Waals surface area (Å²) in [5, 5.41) is 21.9. The Morgan fingerprint density at radius 1 is 1.04 bits per heavy atom. The summed E-state index contributed by atoms with van der Waals surface area (Å²) in [6.45, 7) is 6.05. The van der Waals surface area contributed by atoms with Gasteiger partial charge in [0, 0.05) is 13.0 Å². The lowest BCUT2D eigenvalue weighted by Gasteiger charge is -2.19. The van der Waals surface area contributed by atoms with Gasteiger partial charge in [-0.1, -0.05) is 31.4 Å². The number of hydrogen-bond acceptors (Lipinski definition) is 5. The van der Waals surface area contributed by atoms with Gasteiger partial charge in [0.05, 0.1) is 0 Å². The number of phenolic OH excluding ortho intramolecular Hbond substituents is 1. The van der Waals surface area contributed by atoms with E-state index in [9.17, 15) is 19.8 Å². The Morgan fingerprint density at radius 2 is 1.62 bits per heavy atom. The van der Waals surface area contributed by atoms with Crippen LogP contribution in [0.4, 0.5) is 4.79 Å². The maximum atomic E-state index is 12.0. The molecule has 3 N–H and O–H groups in total. The van der Waals surface area contributed by atoms with Gasteiger partial charge in [-0.3, -0.25) is 4.79 Å². The number of aromatic hydroxyl groups is 1. The zero-order valence-electron chi connectivity index (χ0n) is 16.0. The van der Waals surface area contributed by atoms with Crippen LogP contribution < -0.4 is 5.32 Å². The monoisotopic (exact) mass is 365 g/mol. The fourth-order valence-electron chi connectivity index (χ4n) is 2.44. The molecule has 0 aliphatic rings. The van der Waals surface area contributed by atoms with E-state index in [1.165, 1.54) is 12.1 Å². The molecule has 1 rings (SSSR count). The first-order valence-electron chi connectivity index (χ1n) is 9.15. The zero-order chi connectivity index (χ0) is 19.6. The first-order chi connectivity index (χ1) is 12.2.